The quantitative estimate of drug-likeness (QED) is 0.433. The summed E-state index contributed by atoms with van der Waals surface area (Å²) in [5.74, 6) is 0.719. The van der Waals surface area contributed by atoms with E-state index in [1.54, 1.807) is 0 Å². The van der Waals surface area contributed by atoms with Crippen LogP contribution in [-0.4, -0.2) is 8.07 Å². The van der Waals surface area contributed by atoms with E-state index in [9.17, 15) is 0 Å². The highest BCUT2D eigenvalue weighted by molar-refractivity contribution is 6.76. The molecule has 0 aliphatic carbocycles. The van der Waals surface area contributed by atoms with Gasteiger partial charge in [0.05, 0.1) is 0 Å². The summed E-state index contributed by atoms with van der Waals surface area (Å²) in [4.78, 5) is 0. The van der Waals surface area contributed by atoms with Gasteiger partial charge in [-0.05, 0) is 12.0 Å². The second-order valence-corrected chi connectivity index (χ2v) is 9.97. The molecule has 0 saturated carbocycles. The summed E-state index contributed by atoms with van der Waals surface area (Å²) < 4.78 is 0. The van der Waals surface area contributed by atoms with Gasteiger partial charge in [0.15, 0.2) is 0 Å². The first kappa shape index (κ1) is 9.96. The zero-order chi connectivity index (χ0) is 8.20. The average molecular weight is 156 g/mol. The summed E-state index contributed by atoms with van der Waals surface area (Å²) in [6.45, 7) is 11.6. The summed E-state index contributed by atoms with van der Waals surface area (Å²) in [6.07, 6.45) is 4.65. The van der Waals surface area contributed by atoms with E-state index in [4.69, 9.17) is 0 Å². The average Bonchev–Trinajstić information content (AvgIpc) is 1.59. The molecule has 60 valence electrons. The molecule has 10 heavy (non-hydrogen) atoms. The molecule has 0 rings (SSSR count). The Morgan fingerprint density at radius 3 is 2.00 bits per heavy atom. The Hall–Kier alpha value is -0.0431. The van der Waals surface area contributed by atoms with Gasteiger partial charge in [0.1, 0.15) is 0 Å². The van der Waals surface area contributed by atoms with Gasteiger partial charge in [-0.15, -0.1) is 0 Å². The number of allylic oxidation sites excluding steroid dienone is 2. The maximum absolute atomic E-state index is 2.40. The van der Waals surface area contributed by atoms with E-state index in [0.717, 1.165) is 5.92 Å². The van der Waals surface area contributed by atoms with Crippen molar-refractivity contribution in [1.82, 2.24) is 0 Å². The summed E-state index contributed by atoms with van der Waals surface area (Å²) in [6, 6.07) is 1.32. The van der Waals surface area contributed by atoms with Crippen molar-refractivity contribution in [2.75, 3.05) is 0 Å². The van der Waals surface area contributed by atoms with Crippen molar-refractivity contribution in [1.29, 1.82) is 0 Å². The fourth-order valence-electron chi connectivity index (χ4n) is 0.694. The molecule has 0 aromatic heterocycles. The fraction of sp³-hybridized carbons (Fsp3) is 0.778. The summed E-state index contributed by atoms with van der Waals surface area (Å²) >= 11 is 0. The molecule has 0 N–H and O–H groups in total. The minimum Gasteiger partial charge on any atom is -0.0909 e. The third-order valence-electron chi connectivity index (χ3n) is 1.25. The van der Waals surface area contributed by atoms with Gasteiger partial charge in [-0.25, -0.2) is 0 Å². The molecule has 1 heteroatoms. The Morgan fingerprint density at radius 1 is 1.20 bits per heavy atom. The predicted molar refractivity (Wildman–Crippen MR) is 52.1 cm³/mol. The van der Waals surface area contributed by atoms with Gasteiger partial charge in [-0.3, -0.25) is 0 Å². The van der Waals surface area contributed by atoms with Gasteiger partial charge >= 0.3 is 0 Å². The van der Waals surface area contributed by atoms with Crippen molar-refractivity contribution in [3.8, 4) is 0 Å². The number of rotatable bonds is 3. The minimum absolute atomic E-state index is 0.719. The van der Waals surface area contributed by atoms with E-state index in [1.807, 2.05) is 0 Å². The van der Waals surface area contributed by atoms with Crippen LogP contribution in [0.15, 0.2) is 12.2 Å². The van der Waals surface area contributed by atoms with Crippen molar-refractivity contribution in [3.05, 3.63) is 12.2 Å². The van der Waals surface area contributed by atoms with Gasteiger partial charge in [-0.1, -0.05) is 45.6 Å². The summed E-state index contributed by atoms with van der Waals surface area (Å²) in [5.41, 5.74) is 0. The van der Waals surface area contributed by atoms with E-state index < -0.39 is 8.07 Å². The number of hydrogen-bond acceptors (Lipinski definition) is 0. The van der Waals surface area contributed by atoms with Crippen LogP contribution in [0.5, 0.6) is 0 Å². The minimum atomic E-state index is -0.811. The Labute approximate surface area is 66.4 Å². The van der Waals surface area contributed by atoms with E-state index in [1.165, 1.54) is 6.04 Å². The third-order valence-corrected chi connectivity index (χ3v) is 2.71. The molecule has 0 aliphatic rings. The van der Waals surface area contributed by atoms with Crippen molar-refractivity contribution < 1.29 is 0 Å². The molecule has 0 bridgehead atoms. The van der Waals surface area contributed by atoms with Gasteiger partial charge < -0.3 is 0 Å². The van der Waals surface area contributed by atoms with Crippen molar-refractivity contribution >= 4 is 8.07 Å². The third kappa shape index (κ3) is 7.96. The van der Waals surface area contributed by atoms with Crippen LogP contribution in [0.2, 0.25) is 25.7 Å². The molecule has 0 heterocycles. The molecular formula is C9H20Si. The molecule has 0 spiro atoms. The SMILES string of the molecule is CC(C)/C=C/C[Si](C)(C)C. The van der Waals surface area contributed by atoms with E-state index in [-0.39, 0.29) is 0 Å². The second kappa shape index (κ2) is 3.97. The highest BCUT2D eigenvalue weighted by atomic mass is 28.3. The maximum atomic E-state index is 2.40. The molecule has 0 nitrogen and oxygen atoms in total. The first-order valence-electron chi connectivity index (χ1n) is 4.08. The molecule has 0 atom stereocenters. The van der Waals surface area contributed by atoms with Gasteiger partial charge in [0.2, 0.25) is 0 Å². The fourth-order valence-corrected chi connectivity index (χ4v) is 1.54. The lowest BCUT2D eigenvalue weighted by molar-refractivity contribution is 0.830. The van der Waals surface area contributed by atoms with Crippen LogP contribution in [0, 0.1) is 5.92 Å². The Balaban J connectivity index is 3.54. The standard InChI is InChI=1S/C9H20Si/c1-9(2)7-6-8-10(3,4)5/h6-7,9H,8H2,1-5H3/b7-6+. The lowest BCUT2D eigenvalue weighted by Gasteiger charge is -2.11. The molecular weight excluding hydrogens is 136 g/mol. The monoisotopic (exact) mass is 156 g/mol. The lowest BCUT2D eigenvalue weighted by Crippen LogP contribution is -2.17. The lowest BCUT2D eigenvalue weighted by atomic mass is 10.2. The molecule has 0 aromatic rings. The van der Waals surface area contributed by atoms with Crippen LogP contribution in [0.4, 0.5) is 0 Å². The van der Waals surface area contributed by atoms with E-state index in [0.29, 0.717) is 0 Å². The van der Waals surface area contributed by atoms with Crippen molar-refractivity contribution in [2.45, 2.75) is 39.5 Å². The van der Waals surface area contributed by atoms with Crippen LogP contribution < -0.4 is 0 Å². The topological polar surface area (TPSA) is 0 Å². The zero-order valence-electron chi connectivity index (χ0n) is 7.94. The van der Waals surface area contributed by atoms with Crippen LogP contribution >= 0.6 is 0 Å². The van der Waals surface area contributed by atoms with E-state index >= 15 is 0 Å². The van der Waals surface area contributed by atoms with Crippen molar-refractivity contribution in [2.24, 2.45) is 5.92 Å². The predicted octanol–water partition coefficient (Wildman–Crippen LogP) is 3.54. The molecule has 0 unspecified atom stereocenters. The summed E-state index contributed by atoms with van der Waals surface area (Å²) in [7, 11) is -0.811. The van der Waals surface area contributed by atoms with E-state index in [2.05, 4.69) is 45.6 Å². The van der Waals surface area contributed by atoms with Gasteiger partial charge in [0.25, 0.3) is 0 Å². The Morgan fingerprint density at radius 2 is 1.70 bits per heavy atom. The largest absolute Gasteiger partial charge is 0.0909 e. The first-order valence-corrected chi connectivity index (χ1v) is 7.79. The normalized spacial score (nSPS) is 13.4. The molecule has 0 aliphatic heterocycles. The van der Waals surface area contributed by atoms with Crippen LogP contribution in [0.1, 0.15) is 13.8 Å². The van der Waals surface area contributed by atoms with Crippen LogP contribution in [-0.2, 0) is 0 Å². The first-order chi connectivity index (χ1) is 4.42. The van der Waals surface area contributed by atoms with Crippen molar-refractivity contribution in [3.63, 3.8) is 0 Å². The van der Waals surface area contributed by atoms with Crippen LogP contribution in [0.3, 0.4) is 0 Å². The highest BCUT2D eigenvalue weighted by Crippen LogP contribution is 2.09. The highest BCUT2D eigenvalue weighted by Gasteiger charge is 2.09. The van der Waals surface area contributed by atoms with Crippen LogP contribution in [0.25, 0.3) is 0 Å². The zero-order valence-corrected chi connectivity index (χ0v) is 8.94. The molecule has 0 saturated heterocycles. The smallest absolute Gasteiger partial charge is 0.0480 e. The molecule has 0 aromatic carbocycles. The summed E-state index contributed by atoms with van der Waals surface area (Å²) in [5, 5.41) is 0. The number of hydrogen-bond donors (Lipinski definition) is 0. The Bertz CT molecular complexity index is 106. The van der Waals surface area contributed by atoms with Gasteiger partial charge in [-0.2, -0.15) is 0 Å². The second-order valence-electron chi connectivity index (χ2n) is 4.44. The van der Waals surface area contributed by atoms with Gasteiger partial charge in [0, 0.05) is 8.07 Å². The molecule has 0 fully saturated rings. The molecule has 0 radical (unpaired) electrons. The molecule has 0 amide bonds. The maximum Gasteiger partial charge on any atom is 0.0480 e. The Kier molecular flexibility index (Phi) is 3.95.